The van der Waals surface area contributed by atoms with Crippen LogP contribution in [0.4, 0.5) is 0 Å². The van der Waals surface area contributed by atoms with Gasteiger partial charge >= 0.3 is 0 Å². The van der Waals surface area contributed by atoms with Gasteiger partial charge in [-0.1, -0.05) is 43.0 Å². The van der Waals surface area contributed by atoms with Crippen molar-refractivity contribution in [3.05, 3.63) is 95.2 Å². The van der Waals surface area contributed by atoms with Gasteiger partial charge in [0.15, 0.2) is 0 Å². The van der Waals surface area contributed by atoms with Gasteiger partial charge in [-0.25, -0.2) is 9.97 Å². The largest absolute Gasteiger partial charge is 0.477 e. The summed E-state index contributed by atoms with van der Waals surface area (Å²) in [6.07, 6.45) is 5.41. The molecule has 3 aliphatic heterocycles. The first-order valence-corrected chi connectivity index (χ1v) is 17.9. The SMILES string of the molecule is CCc1nc(-c2cccc3cc(-c4ccc(OCCC#Cc5cccc6c5CN(C5CCC(=O)NC5=O)C6=O)nc4)ncc23)c2n1CCN(C(C)=O)C2. The average molecular weight is 708 g/mol. The van der Waals surface area contributed by atoms with Crippen molar-refractivity contribution >= 4 is 34.4 Å². The lowest BCUT2D eigenvalue weighted by Gasteiger charge is -2.29. The maximum absolute atomic E-state index is 13.1. The standard InChI is InChI=1S/C41H37N7O5/c1-3-36-44-39(35-24-46(25(2)49)17-18-47(35)36)29-11-7-10-27-20-33(42-22-31(27)29)28-13-16-38(43-21-28)53-19-5-4-8-26-9-6-12-30-32(26)23-48(41(30)52)34-14-15-37(50)45-40(34)51/h6-7,9-13,16,20-22,34H,3,5,14-15,17-19,23-24H2,1-2H3,(H,45,50,51). The van der Waals surface area contributed by atoms with Crippen LogP contribution in [0, 0.1) is 11.8 Å². The molecule has 3 aliphatic rings. The van der Waals surface area contributed by atoms with Crippen LogP contribution in [0.15, 0.2) is 67.0 Å². The number of nitrogens with one attached hydrogen (secondary N) is 1. The molecule has 2 aromatic carbocycles. The van der Waals surface area contributed by atoms with Crippen LogP contribution in [0.3, 0.4) is 0 Å². The highest BCUT2D eigenvalue weighted by molar-refractivity contribution is 6.05. The first-order valence-electron chi connectivity index (χ1n) is 17.9. The molecule has 12 heteroatoms. The van der Waals surface area contributed by atoms with E-state index < -0.39 is 11.9 Å². The monoisotopic (exact) mass is 707 g/mol. The highest BCUT2D eigenvalue weighted by atomic mass is 16.5. The average Bonchev–Trinajstić information content (AvgIpc) is 3.71. The number of carbonyl (C=O) groups is 4. The van der Waals surface area contributed by atoms with Crippen LogP contribution in [-0.2, 0) is 40.4 Å². The zero-order chi connectivity index (χ0) is 36.6. The third kappa shape index (κ3) is 6.39. The van der Waals surface area contributed by atoms with Gasteiger partial charge in [0.2, 0.25) is 23.6 Å². The molecule has 0 spiro atoms. The minimum atomic E-state index is -0.667. The predicted octanol–water partition coefficient (Wildman–Crippen LogP) is 4.67. The summed E-state index contributed by atoms with van der Waals surface area (Å²) >= 11 is 0. The number of nitrogens with zero attached hydrogens (tertiary/aromatic N) is 6. The number of rotatable bonds is 7. The number of aromatic nitrogens is 4. The minimum absolute atomic E-state index is 0.0673. The smallest absolute Gasteiger partial charge is 0.255 e. The third-order valence-corrected chi connectivity index (χ3v) is 10.2. The van der Waals surface area contributed by atoms with Crippen molar-refractivity contribution in [2.24, 2.45) is 0 Å². The Morgan fingerprint density at radius 1 is 1.00 bits per heavy atom. The number of pyridine rings is 2. The lowest BCUT2D eigenvalue weighted by atomic mass is 10.0. The van der Waals surface area contributed by atoms with E-state index in [1.54, 1.807) is 25.3 Å². The van der Waals surface area contributed by atoms with E-state index in [0.717, 1.165) is 68.9 Å². The Labute approximate surface area is 306 Å². The lowest BCUT2D eigenvalue weighted by molar-refractivity contribution is -0.137. The number of hydrogen-bond donors (Lipinski definition) is 1. The first kappa shape index (κ1) is 33.8. The zero-order valence-electron chi connectivity index (χ0n) is 29.5. The second-order valence-corrected chi connectivity index (χ2v) is 13.4. The van der Waals surface area contributed by atoms with Crippen LogP contribution in [-0.4, -0.2) is 72.1 Å². The summed E-state index contributed by atoms with van der Waals surface area (Å²) in [6, 6.07) is 16.7. The summed E-state index contributed by atoms with van der Waals surface area (Å²) in [5.41, 5.74) is 6.66. The van der Waals surface area contributed by atoms with Gasteiger partial charge < -0.3 is 19.1 Å². The Kier molecular flexibility index (Phi) is 8.92. The minimum Gasteiger partial charge on any atom is -0.477 e. The number of benzene rings is 2. The molecular formula is C41H37N7O5. The van der Waals surface area contributed by atoms with Crippen molar-refractivity contribution < 1.29 is 23.9 Å². The molecule has 53 heavy (non-hydrogen) atoms. The van der Waals surface area contributed by atoms with Gasteiger partial charge in [-0.15, -0.1) is 0 Å². The Hall–Kier alpha value is -6.35. The maximum Gasteiger partial charge on any atom is 0.255 e. The summed E-state index contributed by atoms with van der Waals surface area (Å²) in [5.74, 6) is 6.90. The van der Waals surface area contributed by atoms with Gasteiger partial charge in [-0.3, -0.25) is 29.5 Å². The number of hydrogen-bond acceptors (Lipinski definition) is 8. The Morgan fingerprint density at radius 2 is 1.85 bits per heavy atom. The summed E-state index contributed by atoms with van der Waals surface area (Å²) in [7, 11) is 0. The van der Waals surface area contributed by atoms with Crippen molar-refractivity contribution in [1.82, 2.24) is 34.6 Å². The van der Waals surface area contributed by atoms with E-state index in [0.29, 0.717) is 44.0 Å². The molecule has 3 aromatic heterocycles. The summed E-state index contributed by atoms with van der Waals surface area (Å²) in [6.45, 7) is 6.29. The van der Waals surface area contributed by atoms with Crippen molar-refractivity contribution in [2.75, 3.05) is 13.2 Å². The number of imide groups is 1. The van der Waals surface area contributed by atoms with Gasteiger partial charge in [0, 0.05) is 91.9 Å². The van der Waals surface area contributed by atoms with Gasteiger partial charge in [-0.05, 0) is 41.6 Å². The van der Waals surface area contributed by atoms with Crippen LogP contribution in [0.25, 0.3) is 33.3 Å². The normalized spacial score (nSPS) is 16.6. The van der Waals surface area contributed by atoms with E-state index in [-0.39, 0.29) is 30.7 Å². The number of fused-ring (bicyclic) bond motifs is 3. The number of amides is 4. The second-order valence-electron chi connectivity index (χ2n) is 13.4. The molecule has 6 heterocycles. The van der Waals surface area contributed by atoms with Gasteiger partial charge in [0.1, 0.15) is 18.5 Å². The molecule has 0 radical (unpaired) electrons. The zero-order valence-corrected chi connectivity index (χ0v) is 29.5. The fourth-order valence-electron chi connectivity index (χ4n) is 7.42. The fourth-order valence-corrected chi connectivity index (χ4v) is 7.42. The van der Waals surface area contributed by atoms with Crippen molar-refractivity contribution in [3.63, 3.8) is 0 Å². The van der Waals surface area contributed by atoms with Crippen molar-refractivity contribution in [3.8, 4) is 40.2 Å². The van der Waals surface area contributed by atoms with E-state index in [9.17, 15) is 19.2 Å². The van der Waals surface area contributed by atoms with Crippen LogP contribution < -0.4 is 10.1 Å². The Balaban J connectivity index is 0.921. The second kappa shape index (κ2) is 14.0. The molecule has 4 amide bonds. The van der Waals surface area contributed by atoms with E-state index in [4.69, 9.17) is 14.7 Å². The molecular weight excluding hydrogens is 670 g/mol. The Morgan fingerprint density at radius 3 is 2.64 bits per heavy atom. The van der Waals surface area contributed by atoms with Crippen LogP contribution in [0.1, 0.15) is 66.1 Å². The number of ether oxygens (including phenoxy) is 1. The number of piperidine rings is 1. The number of imidazole rings is 1. The van der Waals surface area contributed by atoms with E-state index in [1.807, 2.05) is 35.4 Å². The summed E-state index contributed by atoms with van der Waals surface area (Å²) in [4.78, 5) is 67.0. The number of aryl methyl sites for hydroxylation is 1. The summed E-state index contributed by atoms with van der Waals surface area (Å²) < 4.78 is 8.13. The van der Waals surface area contributed by atoms with Crippen molar-refractivity contribution in [2.45, 2.75) is 65.2 Å². The first-order chi connectivity index (χ1) is 25.8. The quantitative estimate of drug-likeness (QED) is 0.146. The van der Waals surface area contributed by atoms with Crippen LogP contribution >= 0.6 is 0 Å². The van der Waals surface area contributed by atoms with Crippen molar-refractivity contribution in [1.29, 1.82) is 0 Å². The van der Waals surface area contributed by atoms with Gasteiger partial charge in [0.05, 0.1) is 23.6 Å². The molecule has 12 nitrogen and oxygen atoms in total. The van der Waals surface area contributed by atoms with Gasteiger partial charge in [0.25, 0.3) is 5.91 Å². The molecule has 5 aromatic rings. The highest BCUT2D eigenvalue weighted by Gasteiger charge is 2.39. The molecule has 0 bridgehead atoms. The van der Waals surface area contributed by atoms with Gasteiger partial charge in [-0.2, -0.15) is 0 Å². The molecule has 1 saturated heterocycles. The van der Waals surface area contributed by atoms with E-state index >= 15 is 0 Å². The molecule has 0 aliphatic carbocycles. The van der Waals surface area contributed by atoms with E-state index in [1.165, 1.54) is 4.90 Å². The molecule has 1 fully saturated rings. The van der Waals surface area contributed by atoms with Crippen LogP contribution in [0.2, 0.25) is 0 Å². The van der Waals surface area contributed by atoms with E-state index in [2.05, 4.69) is 51.8 Å². The molecule has 1 unspecified atom stereocenters. The topological polar surface area (TPSA) is 140 Å². The molecule has 1 N–H and O–H groups in total. The molecule has 0 saturated carbocycles. The Bertz CT molecular complexity index is 2370. The fraction of sp³-hybridized carbons (Fsp3) is 0.293. The third-order valence-electron chi connectivity index (χ3n) is 10.2. The molecule has 1 atom stereocenters. The summed E-state index contributed by atoms with van der Waals surface area (Å²) in [5, 5.41) is 4.36. The predicted molar refractivity (Wildman–Crippen MR) is 196 cm³/mol. The van der Waals surface area contributed by atoms with Crippen LogP contribution in [0.5, 0.6) is 5.88 Å². The molecule has 266 valence electrons. The maximum atomic E-state index is 13.1. The highest BCUT2D eigenvalue weighted by Crippen LogP contribution is 2.35. The lowest BCUT2D eigenvalue weighted by Crippen LogP contribution is -2.52. The molecule has 8 rings (SSSR count). The number of carbonyl (C=O) groups excluding carboxylic acids is 4.